The molecule has 1 aliphatic heterocycles. The number of fused-ring (bicyclic) bond motifs is 1. The van der Waals surface area contributed by atoms with Crippen molar-refractivity contribution in [2.75, 3.05) is 18.6 Å². The molecule has 1 N–H and O–H groups in total. The van der Waals surface area contributed by atoms with Crippen LogP contribution in [-0.2, 0) is 12.8 Å². The van der Waals surface area contributed by atoms with Gasteiger partial charge in [-0.15, -0.1) is 0 Å². The summed E-state index contributed by atoms with van der Waals surface area (Å²) in [7, 11) is 0. The van der Waals surface area contributed by atoms with Crippen molar-refractivity contribution in [3.63, 3.8) is 0 Å². The Bertz CT molecular complexity index is 423. The molecule has 0 saturated carbocycles. The Hall–Kier alpha value is -0.190. The van der Waals surface area contributed by atoms with Gasteiger partial charge in [-0.3, -0.25) is 0 Å². The van der Waals surface area contributed by atoms with E-state index in [1.54, 1.807) is 11.8 Å². The summed E-state index contributed by atoms with van der Waals surface area (Å²) < 4.78 is 6.76. The summed E-state index contributed by atoms with van der Waals surface area (Å²) in [5, 5.41) is 10.2. The Kier molecular flexibility index (Phi) is 4.98. The average Bonchev–Trinajstić information content (AvgIpc) is 2.77. The molecule has 0 bridgehead atoms. The van der Waals surface area contributed by atoms with Crippen LogP contribution in [0.15, 0.2) is 16.6 Å². The average molecular weight is 331 g/mol. The molecule has 1 aromatic rings. The van der Waals surface area contributed by atoms with E-state index in [0.29, 0.717) is 12.3 Å². The molecule has 2 rings (SSSR count). The first-order valence-corrected chi connectivity index (χ1v) is 8.41. The van der Waals surface area contributed by atoms with Gasteiger partial charge in [0.1, 0.15) is 5.75 Å². The normalized spacial score (nSPS) is 17.1. The highest BCUT2D eigenvalue weighted by Gasteiger charge is 2.21. The second-order valence-corrected chi connectivity index (χ2v) is 6.68. The van der Waals surface area contributed by atoms with Crippen molar-refractivity contribution in [3.8, 4) is 5.75 Å². The van der Waals surface area contributed by atoms with Gasteiger partial charge in [-0.2, -0.15) is 11.8 Å². The van der Waals surface area contributed by atoms with E-state index in [4.69, 9.17) is 4.74 Å². The van der Waals surface area contributed by atoms with E-state index in [0.717, 1.165) is 34.6 Å². The molecule has 1 aliphatic rings. The van der Waals surface area contributed by atoms with Crippen molar-refractivity contribution in [2.45, 2.75) is 25.9 Å². The lowest BCUT2D eigenvalue weighted by Crippen LogP contribution is -2.22. The number of halogens is 1. The van der Waals surface area contributed by atoms with Crippen molar-refractivity contribution in [3.05, 3.63) is 27.7 Å². The van der Waals surface area contributed by atoms with Gasteiger partial charge < -0.3 is 9.84 Å². The maximum atomic E-state index is 10.2. The number of hydrogen-bond acceptors (Lipinski definition) is 3. The highest BCUT2D eigenvalue weighted by molar-refractivity contribution is 9.10. The minimum Gasteiger partial charge on any atom is -0.493 e. The molecule has 0 spiro atoms. The van der Waals surface area contributed by atoms with Crippen LogP contribution in [0.5, 0.6) is 5.75 Å². The summed E-state index contributed by atoms with van der Waals surface area (Å²) in [5.74, 6) is 2.28. The Balaban J connectivity index is 2.14. The van der Waals surface area contributed by atoms with Crippen LogP contribution in [0.1, 0.15) is 18.1 Å². The van der Waals surface area contributed by atoms with E-state index in [9.17, 15) is 5.11 Å². The van der Waals surface area contributed by atoms with Gasteiger partial charge in [0.25, 0.3) is 0 Å². The molecule has 18 heavy (non-hydrogen) atoms. The van der Waals surface area contributed by atoms with E-state index in [1.165, 1.54) is 5.56 Å². The fraction of sp³-hybridized carbons (Fsp3) is 0.571. The highest BCUT2D eigenvalue weighted by Crippen LogP contribution is 2.34. The number of aliphatic hydroxyl groups is 1. The van der Waals surface area contributed by atoms with E-state index < -0.39 is 0 Å². The lowest BCUT2D eigenvalue weighted by atomic mass is 9.97. The molecule has 0 saturated heterocycles. The van der Waals surface area contributed by atoms with Gasteiger partial charge in [0, 0.05) is 17.3 Å². The van der Waals surface area contributed by atoms with E-state index >= 15 is 0 Å². The molecule has 1 aromatic carbocycles. The number of ether oxygens (including phenoxy) is 1. The maximum Gasteiger partial charge on any atom is 0.125 e. The first kappa shape index (κ1) is 14.2. The molecule has 2 unspecified atom stereocenters. The van der Waals surface area contributed by atoms with Crippen LogP contribution in [0, 0.1) is 5.92 Å². The smallest absolute Gasteiger partial charge is 0.125 e. The fourth-order valence-corrected chi connectivity index (χ4v) is 3.60. The van der Waals surface area contributed by atoms with Crippen molar-refractivity contribution < 1.29 is 9.84 Å². The van der Waals surface area contributed by atoms with Crippen molar-refractivity contribution in [1.82, 2.24) is 0 Å². The van der Waals surface area contributed by atoms with Crippen molar-refractivity contribution in [1.29, 1.82) is 0 Å². The van der Waals surface area contributed by atoms with Gasteiger partial charge in [0.2, 0.25) is 0 Å². The van der Waals surface area contributed by atoms with E-state index in [2.05, 4.69) is 41.2 Å². The summed E-state index contributed by atoms with van der Waals surface area (Å²) >= 11 is 5.31. The fourth-order valence-electron chi connectivity index (χ4n) is 2.30. The summed E-state index contributed by atoms with van der Waals surface area (Å²) in [6, 6.07) is 4.18. The van der Waals surface area contributed by atoms with Gasteiger partial charge >= 0.3 is 0 Å². The zero-order valence-corrected chi connectivity index (χ0v) is 13.2. The summed E-state index contributed by atoms with van der Waals surface area (Å²) in [5.41, 5.74) is 2.38. The predicted octanol–water partition coefficient (Wildman–Crippen LogP) is 3.29. The first-order chi connectivity index (χ1) is 8.61. The standard InChI is InChI=1S/C14H19BrO2S/c1-9(8-18-2)13(16)7-11-6-12(15)5-10-3-4-17-14(10)11/h5-6,9,13,16H,3-4,7-8H2,1-2H3. The zero-order valence-electron chi connectivity index (χ0n) is 10.8. The van der Waals surface area contributed by atoms with Crippen LogP contribution in [0.3, 0.4) is 0 Å². The molecule has 0 aromatic heterocycles. The molecule has 100 valence electrons. The van der Waals surface area contributed by atoms with Gasteiger partial charge in [-0.25, -0.2) is 0 Å². The third-order valence-electron chi connectivity index (χ3n) is 3.34. The van der Waals surface area contributed by atoms with Crippen LogP contribution in [-0.4, -0.2) is 29.8 Å². The summed E-state index contributed by atoms with van der Waals surface area (Å²) in [6.45, 7) is 2.86. The van der Waals surface area contributed by atoms with Crippen LogP contribution < -0.4 is 4.74 Å². The number of hydrogen-bond donors (Lipinski definition) is 1. The van der Waals surface area contributed by atoms with Crippen LogP contribution in [0.4, 0.5) is 0 Å². The maximum absolute atomic E-state index is 10.2. The topological polar surface area (TPSA) is 29.5 Å². The van der Waals surface area contributed by atoms with E-state index in [-0.39, 0.29) is 6.10 Å². The Morgan fingerprint density at radius 1 is 1.50 bits per heavy atom. The molecule has 0 fully saturated rings. The number of benzene rings is 1. The number of rotatable bonds is 5. The van der Waals surface area contributed by atoms with Crippen molar-refractivity contribution >= 4 is 27.7 Å². The van der Waals surface area contributed by atoms with Crippen LogP contribution in [0.2, 0.25) is 0 Å². The number of thioether (sulfide) groups is 1. The summed E-state index contributed by atoms with van der Waals surface area (Å²) in [4.78, 5) is 0. The van der Waals surface area contributed by atoms with Gasteiger partial charge in [-0.1, -0.05) is 22.9 Å². The second kappa shape index (κ2) is 6.31. The monoisotopic (exact) mass is 330 g/mol. The summed E-state index contributed by atoms with van der Waals surface area (Å²) in [6.07, 6.45) is 3.41. The molecule has 2 nitrogen and oxygen atoms in total. The second-order valence-electron chi connectivity index (χ2n) is 4.86. The largest absolute Gasteiger partial charge is 0.493 e. The zero-order chi connectivity index (χ0) is 13.1. The van der Waals surface area contributed by atoms with Crippen LogP contribution >= 0.6 is 27.7 Å². The molecular weight excluding hydrogens is 312 g/mol. The molecule has 0 aliphatic carbocycles. The Morgan fingerprint density at radius 3 is 3.00 bits per heavy atom. The molecule has 2 atom stereocenters. The minimum atomic E-state index is -0.306. The molecule has 0 amide bonds. The quantitative estimate of drug-likeness (QED) is 0.898. The third-order valence-corrected chi connectivity index (χ3v) is 4.66. The molecule has 4 heteroatoms. The molecule has 1 heterocycles. The highest BCUT2D eigenvalue weighted by atomic mass is 79.9. The van der Waals surface area contributed by atoms with Crippen molar-refractivity contribution in [2.24, 2.45) is 5.92 Å². The Labute approximate surface area is 121 Å². The lowest BCUT2D eigenvalue weighted by molar-refractivity contribution is 0.127. The SMILES string of the molecule is CSCC(C)C(O)Cc1cc(Br)cc2c1OCC2. The lowest BCUT2D eigenvalue weighted by Gasteiger charge is -2.19. The molecular formula is C14H19BrO2S. The minimum absolute atomic E-state index is 0.302. The third kappa shape index (κ3) is 3.22. The molecule has 0 radical (unpaired) electrons. The Morgan fingerprint density at radius 2 is 2.28 bits per heavy atom. The van der Waals surface area contributed by atoms with Gasteiger partial charge in [0.15, 0.2) is 0 Å². The number of aliphatic hydroxyl groups excluding tert-OH is 1. The predicted molar refractivity (Wildman–Crippen MR) is 80.6 cm³/mol. The van der Waals surface area contributed by atoms with E-state index in [1.807, 2.05) is 0 Å². The van der Waals surface area contributed by atoms with Gasteiger partial charge in [-0.05, 0) is 41.2 Å². The first-order valence-electron chi connectivity index (χ1n) is 6.23. The van der Waals surface area contributed by atoms with Gasteiger partial charge in [0.05, 0.1) is 12.7 Å². The van der Waals surface area contributed by atoms with Crippen LogP contribution in [0.25, 0.3) is 0 Å².